The van der Waals surface area contributed by atoms with Gasteiger partial charge in [-0.15, -0.1) is 10.2 Å². The van der Waals surface area contributed by atoms with E-state index in [9.17, 15) is 4.79 Å². The third kappa shape index (κ3) is 7.14. The molecule has 0 atom stereocenters. The van der Waals surface area contributed by atoms with Crippen molar-refractivity contribution >= 4 is 33.6 Å². The second kappa shape index (κ2) is 13.3. The molecule has 0 radical (unpaired) electrons. The molecule has 9 heteroatoms. The topological polar surface area (TPSA) is 78.3 Å². The molecular formula is C28H29BrN4O3S. The Bertz CT molecular complexity index is 1310. The number of hydrogen-bond acceptors (Lipinski definition) is 6. The third-order valence-corrected chi connectivity index (χ3v) is 7.13. The highest BCUT2D eigenvalue weighted by Gasteiger charge is 2.18. The van der Waals surface area contributed by atoms with Crippen LogP contribution < -0.4 is 14.8 Å². The summed E-state index contributed by atoms with van der Waals surface area (Å²) in [5.41, 5.74) is 2.53. The van der Waals surface area contributed by atoms with Crippen molar-refractivity contribution in [1.29, 1.82) is 0 Å². The van der Waals surface area contributed by atoms with Gasteiger partial charge < -0.3 is 14.8 Å². The molecular weight excluding hydrogens is 552 g/mol. The fourth-order valence-corrected chi connectivity index (χ4v) is 4.78. The number of nitrogens with zero attached hydrogens (tertiary/aromatic N) is 3. The molecule has 192 valence electrons. The van der Waals surface area contributed by atoms with E-state index in [0.29, 0.717) is 28.9 Å². The van der Waals surface area contributed by atoms with Crippen LogP contribution in [0.5, 0.6) is 11.5 Å². The zero-order valence-electron chi connectivity index (χ0n) is 20.8. The van der Waals surface area contributed by atoms with E-state index >= 15 is 0 Å². The molecule has 1 N–H and O–H groups in total. The van der Waals surface area contributed by atoms with Gasteiger partial charge in [-0.25, -0.2) is 0 Å². The molecule has 37 heavy (non-hydrogen) atoms. The number of thioether (sulfide) groups is 1. The number of benzene rings is 3. The molecule has 4 aromatic rings. The van der Waals surface area contributed by atoms with Crippen molar-refractivity contribution in [3.8, 4) is 17.2 Å². The van der Waals surface area contributed by atoms with Gasteiger partial charge in [-0.2, -0.15) is 0 Å². The highest BCUT2D eigenvalue weighted by atomic mass is 79.9. The maximum Gasteiger partial charge on any atom is 0.251 e. The van der Waals surface area contributed by atoms with E-state index in [1.807, 2.05) is 53.1 Å². The summed E-state index contributed by atoms with van der Waals surface area (Å²) >= 11 is 5.05. The maximum absolute atomic E-state index is 12.9. The minimum absolute atomic E-state index is 0.196. The number of aromatic nitrogens is 3. The van der Waals surface area contributed by atoms with E-state index in [1.54, 1.807) is 31.0 Å². The number of para-hydroxylation sites is 2. The number of hydrogen-bond donors (Lipinski definition) is 1. The van der Waals surface area contributed by atoms with Crippen molar-refractivity contribution in [3.05, 3.63) is 94.2 Å². The largest absolute Gasteiger partial charge is 0.495 e. The Morgan fingerprint density at radius 2 is 1.78 bits per heavy atom. The van der Waals surface area contributed by atoms with Crippen LogP contribution in [0.15, 0.2) is 82.4 Å². The summed E-state index contributed by atoms with van der Waals surface area (Å²) < 4.78 is 14.3. The first-order chi connectivity index (χ1) is 18.1. The third-order valence-electron chi connectivity index (χ3n) is 5.60. The lowest BCUT2D eigenvalue weighted by molar-refractivity contribution is 0.0949. The quantitative estimate of drug-likeness (QED) is 0.153. The number of carbonyl (C=O) groups excluding carboxylic acids is 1. The number of amides is 1. The van der Waals surface area contributed by atoms with Gasteiger partial charge in [0.1, 0.15) is 11.5 Å². The summed E-state index contributed by atoms with van der Waals surface area (Å²) in [4.78, 5) is 12.9. The molecule has 4 rings (SSSR count). The number of halogens is 1. The first kappa shape index (κ1) is 26.8. The van der Waals surface area contributed by atoms with Crippen molar-refractivity contribution in [2.45, 2.75) is 37.2 Å². The second-order valence-electron chi connectivity index (χ2n) is 8.23. The zero-order valence-corrected chi connectivity index (χ0v) is 23.2. The standard InChI is InChI=1S/C28H29BrN4O3S/c1-3-4-17-36-23-15-11-21(12-16-23)27(34)30-18-26-31-32-28(37-19-20-9-13-22(29)14-10-20)33(26)24-7-5-6-8-25(24)35-2/h5-16H,3-4,17-19H2,1-2H3,(H,30,34). The number of unbranched alkanes of at least 4 members (excludes halogenated alkanes) is 1. The van der Waals surface area contributed by atoms with Gasteiger partial charge in [-0.1, -0.05) is 65.3 Å². The molecule has 0 saturated heterocycles. The average molecular weight is 582 g/mol. The predicted molar refractivity (Wildman–Crippen MR) is 150 cm³/mol. The summed E-state index contributed by atoms with van der Waals surface area (Å²) in [7, 11) is 1.63. The van der Waals surface area contributed by atoms with Crippen LogP contribution in [-0.4, -0.2) is 34.4 Å². The van der Waals surface area contributed by atoms with Crippen LogP contribution in [0.4, 0.5) is 0 Å². The highest BCUT2D eigenvalue weighted by Crippen LogP contribution is 2.30. The van der Waals surface area contributed by atoms with Crippen LogP contribution >= 0.6 is 27.7 Å². The van der Waals surface area contributed by atoms with Gasteiger partial charge in [0.05, 0.1) is 25.9 Å². The number of ether oxygens (including phenoxy) is 2. The van der Waals surface area contributed by atoms with E-state index in [2.05, 4.69) is 50.5 Å². The first-order valence-corrected chi connectivity index (χ1v) is 13.8. The molecule has 0 spiro atoms. The first-order valence-electron chi connectivity index (χ1n) is 12.0. The lowest BCUT2D eigenvalue weighted by Crippen LogP contribution is -2.24. The van der Waals surface area contributed by atoms with E-state index in [-0.39, 0.29) is 12.5 Å². The monoisotopic (exact) mass is 580 g/mol. The van der Waals surface area contributed by atoms with Crippen LogP contribution in [0, 0.1) is 0 Å². The average Bonchev–Trinajstić information content (AvgIpc) is 3.34. The second-order valence-corrected chi connectivity index (χ2v) is 10.1. The van der Waals surface area contributed by atoms with Gasteiger partial charge in [0.15, 0.2) is 11.0 Å². The van der Waals surface area contributed by atoms with Crippen molar-refractivity contribution in [2.24, 2.45) is 0 Å². The SMILES string of the molecule is CCCCOc1ccc(C(=O)NCc2nnc(SCc3ccc(Br)cc3)n2-c2ccccc2OC)cc1. The Balaban J connectivity index is 1.51. The summed E-state index contributed by atoms with van der Waals surface area (Å²) in [6.45, 7) is 3.00. The van der Waals surface area contributed by atoms with E-state index in [0.717, 1.165) is 34.5 Å². The molecule has 0 aliphatic rings. The highest BCUT2D eigenvalue weighted by molar-refractivity contribution is 9.10. The van der Waals surface area contributed by atoms with Crippen molar-refractivity contribution in [1.82, 2.24) is 20.1 Å². The Morgan fingerprint density at radius 3 is 2.51 bits per heavy atom. The minimum Gasteiger partial charge on any atom is -0.495 e. The molecule has 0 bridgehead atoms. The molecule has 7 nitrogen and oxygen atoms in total. The molecule has 1 heterocycles. The summed E-state index contributed by atoms with van der Waals surface area (Å²) in [5.74, 6) is 2.58. The maximum atomic E-state index is 12.9. The van der Waals surface area contributed by atoms with E-state index in [1.165, 1.54) is 5.56 Å². The van der Waals surface area contributed by atoms with Crippen LogP contribution in [0.3, 0.4) is 0 Å². The van der Waals surface area contributed by atoms with Crippen LogP contribution in [-0.2, 0) is 12.3 Å². The van der Waals surface area contributed by atoms with Crippen LogP contribution in [0.1, 0.15) is 41.5 Å². The Kier molecular flexibility index (Phi) is 9.62. The molecule has 1 aromatic heterocycles. The van der Waals surface area contributed by atoms with Gasteiger partial charge in [-0.3, -0.25) is 9.36 Å². The van der Waals surface area contributed by atoms with Gasteiger partial charge >= 0.3 is 0 Å². The van der Waals surface area contributed by atoms with Gasteiger partial charge in [-0.05, 0) is 60.5 Å². The lowest BCUT2D eigenvalue weighted by atomic mass is 10.2. The molecule has 0 fully saturated rings. The number of rotatable bonds is 12. The predicted octanol–water partition coefficient (Wildman–Crippen LogP) is 6.44. The normalized spacial score (nSPS) is 10.8. The molecule has 1 amide bonds. The molecule has 0 aliphatic heterocycles. The van der Waals surface area contributed by atoms with E-state index in [4.69, 9.17) is 9.47 Å². The van der Waals surface area contributed by atoms with Crippen LogP contribution in [0.2, 0.25) is 0 Å². The summed E-state index contributed by atoms with van der Waals surface area (Å²) in [6.07, 6.45) is 2.07. The van der Waals surface area contributed by atoms with Crippen molar-refractivity contribution < 1.29 is 14.3 Å². The van der Waals surface area contributed by atoms with E-state index < -0.39 is 0 Å². The van der Waals surface area contributed by atoms with Gasteiger partial charge in [0.2, 0.25) is 0 Å². The molecule has 3 aromatic carbocycles. The Labute approximate surface area is 229 Å². The Morgan fingerprint density at radius 1 is 1.03 bits per heavy atom. The number of nitrogens with one attached hydrogen (secondary N) is 1. The summed E-state index contributed by atoms with van der Waals surface area (Å²) in [5, 5.41) is 12.5. The summed E-state index contributed by atoms with van der Waals surface area (Å²) in [6, 6.07) is 23.0. The Hall–Kier alpha value is -3.30. The van der Waals surface area contributed by atoms with Gasteiger partial charge in [0, 0.05) is 15.8 Å². The van der Waals surface area contributed by atoms with Gasteiger partial charge in [0.25, 0.3) is 5.91 Å². The minimum atomic E-state index is -0.196. The number of carbonyl (C=O) groups is 1. The fraction of sp³-hybridized carbons (Fsp3) is 0.250. The van der Waals surface area contributed by atoms with Crippen LogP contribution in [0.25, 0.3) is 5.69 Å². The zero-order chi connectivity index (χ0) is 26.0. The fourth-order valence-electron chi connectivity index (χ4n) is 3.59. The van der Waals surface area contributed by atoms with Crippen molar-refractivity contribution in [2.75, 3.05) is 13.7 Å². The smallest absolute Gasteiger partial charge is 0.251 e. The lowest BCUT2D eigenvalue weighted by Gasteiger charge is -2.14. The number of methoxy groups -OCH3 is 1. The molecule has 0 saturated carbocycles. The van der Waals surface area contributed by atoms with Crippen molar-refractivity contribution in [3.63, 3.8) is 0 Å². The molecule has 0 unspecified atom stereocenters. The molecule has 0 aliphatic carbocycles.